The van der Waals surface area contributed by atoms with E-state index in [1.165, 1.54) is 0 Å². The third-order valence-corrected chi connectivity index (χ3v) is 5.48. The van der Waals surface area contributed by atoms with Gasteiger partial charge in [-0.25, -0.2) is 8.42 Å². The molecule has 0 amide bonds. The van der Waals surface area contributed by atoms with Crippen LogP contribution in [0.1, 0.15) is 19.8 Å². The van der Waals surface area contributed by atoms with E-state index in [1.807, 2.05) is 0 Å². The fourth-order valence-electron chi connectivity index (χ4n) is 1.56. The molecule has 0 aromatic carbocycles. The van der Waals surface area contributed by atoms with E-state index >= 15 is 0 Å². The van der Waals surface area contributed by atoms with Crippen LogP contribution in [0.25, 0.3) is 0 Å². The van der Waals surface area contributed by atoms with Crippen LogP contribution in [0.2, 0.25) is 0 Å². The van der Waals surface area contributed by atoms with Crippen LogP contribution < -0.4 is 5.32 Å². The molecule has 1 atom stereocenters. The van der Waals surface area contributed by atoms with Gasteiger partial charge in [-0.3, -0.25) is 4.79 Å². The molecule has 0 aromatic heterocycles. The molecule has 16 heavy (non-hydrogen) atoms. The van der Waals surface area contributed by atoms with Gasteiger partial charge in [-0.1, -0.05) is 6.92 Å². The summed E-state index contributed by atoms with van der Waals surface area (Å²) >= 11 is 1.77. The maximum Gasteiger partial charge on any atom is 0.150 e. The van der Waals surface area contributed by atoms with Gasteiger partial charge < -0.3 is 5.32 Å². The van der Waals surface area contributed by atoms with Gasteiger partial charge in [-0.15, -0.1) is 0 Å². The molecule has 0 aromatic rings. The first kappa shape index (κ1) is 14.0. The molecule has 1 heterocycles. The molecule has 1 N–H and O–H groups in total. The van der Waals surface area contributed by atoms with Crippen LogP contribution in [-0.4, -0.2) is 49.8 Å². The highest BCUT2D eigenvalue weighted by Crippen LogP contribution is 2.10. The molecular formula is C10H19NO3S2. The van der Waals surface area contributed by atoms with E-state index < -0.39 is 9.84 Å². The summed E-state index contributed by atoms with van der Waals surface area (Å²) in [5.74, 6) is 2.32. The van der Waals surface area contributed by atoms with E-state index in [9.17, 15) is 13.2 Å². The monoisotopic (exact) mass is 265 g/mol. The summed E-state index contributed by atoms with van der Waals surface area (Å²) in [4.78, 5) is 11.7. The zero-order chi connectivity index (χ0) is 12.0. The second-order valence-electron chi connectivity index (χ2n) is 3.89. The van der Waals surface area contributed by atoms with Crippen molar-refractivity contribution < 1.29 is 13.2 Å². The van der Waals surface area contributed by atoms with Crippen molar-refractivity contribution in [3.63, 3.8) is 0 Å². The molecule has 0 saturated carbocycles. The zero-order valence-electron chi connectivity index (χ0n) is 9.57. The summed E-state index contributed by atoms with van der Waals surface area (Å²) < 4.78 is 22.5. The molecule has 6 heteroatoms. The van der Waals surface area contributed by atoms with Crippen molar-refractivity contribution in [2.45, 2.75) is 25.8 Å². The fourth-order valence-corrected chi connectivity index (χ4v) is 3.40. The minimum atomic E-state index is -2.92. The van der Waals surface area contributed by atoms with Crippen molar-refractivity contribution in [2.24, 2.45) is 0 Å². The van der Waals surface area contributed by atoms with Crippen LogP contribution in [-0.2, 0) is 14.6 Å². The molecule has 0 bridgehead atoms. The number of nitrogens with one attached hydrogen (secondary N) is 1. The van der Waals surface area contributed by atoms with E-state index in [4.69, 9.17) is 0 Å². The quantitative estimate of drug-likeness (QED) is 0.756. The zero-order valence-corrected chi connectivity index (χ0v) is 11.2. The van der Waals surface area contributed by atoms with E-state index in [2.05, 4.69) is 5.32 Å². The Balaban J connectivity index is 2.24. The minimum Gasteiger partial charge on any atom is -0.306 e. The van der Waals surface area contributed by atoms with Crippen LogP contribution >= 0.6 is 11.8 Å². The fraction of sp³-hybridized carbons (Fsp3) is 0.900. The molecule has 1 saturated heterocycles. The molecule has 4 nitrogen and oxygen atoms in total. The highest BCUT2D eigenvalue weighted by Gasteiger charge is 2.20. The van der Waals surface area contributed by atoms with Crippen LogP contribution in [0.3, 0.4) is 0 Å². The largest absolute Gasteiger partial charge is 0.306 e. The Bertz CT molecular complexity index is 321. The molecule has 0 aliphatic carbocycles. The van der Waals surface area contributed by atoms with Gasteiger partial charge in [0, 0.05) is 30.2 Å². The maximum atomic E-state index is 11.7. The summed E-state index contributed by atoms with van der Waals surface area (Å²) in [5.41, 5.74) is 0. The third kappa shape index (κ3) is 4.84. The third-order valence-electron chi connectivity index (χ3n) is 2.63. The Labute approximate surface area is 101 Å². The van der Waals surface area contributed by atoms with Gasteiger partial charge in [0.1, 0.15) is 9.84 Å². The SMILES string of the molecule is CCS(=O)(=O)CCCC(=O)C1CSCCN1. The number of carbonyl (C=O) groups excluding carboxylic acids is 1. The lowest BCUT2D eigenvalue weighted by Crippen LogP contribution is -2.43. The van der Waals surface area contributed by atoms with E-state index in [0.29, 0.717) is 12.8 Å². The van der Waals surface area contributed by atoms with Gasteiger partial charge in [0.15, 0.2) is 5.78 Å². The van der Waals surface area contributed by atoms with Crippen molar-refractivity contribution in [2.75, 3.05) is 29.6 Å². The van der Waals surface area contributed by atoms with Crippen LogP contribution in [0, 0.1) is 0 Å². The Hall–Kier alpha value is -0.0700. The van der Waals surface area contributed by atoms with Crippen molar-refractivity contribution >= 4 is 27.4 Å². The van der Waals surface area contributed by atoms with Crippen LogP contribution in [0.4, 0.5) is 0 Å². The Morgan fingerprint density at radius 1 is 1.50 bits per heavy atom. The number of hydrogen-bond donors (Lipinski definition) is 1. The predicted molar refractivity (Wildman–Crippen MR) is 67.7 cm³/mol. The normalized spacial score (nSPS) is 21.9. The topological polar surface area (TPSA) is 63.2 Å². The maximum absolute atomic E-state index is 11.7. The summed E-state index contributed by atoms with van der Waals surface area (Å²) in [7, 11) is -2.92. The highest BCUT2D eigenvalue weighted by atomic mass is 32.2. The first-order chi connectivity index (χ1) is 7.55. The van der Waals surface area contributed by atoms with Crippen LogP contribution in [0.5, 0.6) is 0 Å². The molecule has 0 radical (unpaired) electrons. The van der Waals surface area contributed by atoms with Gasteiger partial charge >= 0.3 is 0 Å². The van der Waals surface area contributed by atoms with Crippen molar-refractivity contribution in [1.29, 1.82) is 0 Å². The second-order valence-corrected chi connectivity index (χ2v) is 7.51. The predicted octanol–water partition coefficient (Wildman–Crippen LogP) is 0.475. The molecule has 1 rings (SSSR count). The number of thioether (sulfide) groups is 1. The number of carbonyl (C=O) groups is 1. The van der Waals surface area contributed by atoms with Crippen molar-refractivity contribution in [1.82, 2.24) is 5.32 Å². The number of rotatable bonds is 6. The average molecular weight is 265 g/mol. The first-order valence-corrected chi connectivity index (χ1v) is 8.57. The lowest BCUT2D eigenvalue weighted by Gasteiger charge is -2.21. The summed E-state index contributed by atoms with van der Waals surface area (Å²) in [6, 6.07) is -0.0666. The van der Waals surface area contributed by atoms with Gasteiger partial charge in [0.2, 0.25) is 0 Å². The second kappa shape index (κ2) is 6.61. The standard InChI is InChI=1S/C10H19NO3S2/c1-2-16(13,14)7-3-4-10(12)9-8-15-6-5-11-9/h9,11H,2-8H2,1H3. The Morgan fingerprint density at radius 2 is 2.25 bits per heavy atom. The molecule has 0 spiro atoms. The van der Waals surface area contributed by atoms with Gasteiger partial charge in [-0.2, -0.15) is 11.8 Å². The smallest absolute Gasteiger partial charge is 0.150 e. The van der Waals surface area contributed by atoms with Crippen molar-refractivity contribution in [3.8, 4) is 0 Å². The van der Waals surface area contributed by atoms with Gasteiger partial charge in [0.25, 0.3) is 0 Å². The highest BCUT2D eigenvalue weighted by molar-refractivity contribution is 7.99. The molecule has 1 aliphatic rings. The Morgan fingerprint density at radius 3 is 2.81 bits per heavy atom. The summed E-state index contributed by atoms with van der Waals surface area (Å²) in [6.45, 7) is 2.50. The molecular weight excluding hydrogens is 246 g/mol. The first-order valence-electron chi connectivity index (χ1n) is 5.59. The van der Waals surface area contributed by atoms with Crippen LogP contribution in [0.15, 0.2) is 0 Å². The lowest BCUT2D eigenvalue weighted by molar-refractivity contribution is -0.120. The summed E-state index contributed by atoms with van der Waals surface area (Å²) in [5, 5.41) is 3.16. The molecule has 1 aliphatic heterocycles. The van der Waals surface area contributed by atoms with Gasteiger partial charge in [0.05, 0.1) is 11.8 Å². The minimum absolute atomic E-state index is 0.0666. The van der Waals surface area contributed by atoms with E-state index in [1.54, 1.807) is 18.7 Å². The lowest BCUT2D eigenvalue weighted by atomic mass is 10.1. The number of Topliss-reactive ketones (excluding diaryl/α,β-unsaturated/α-hetero) is 1. The summed E-state index contributed by atoms with van der Waals surface area (Å²) in [6.07, 6.45) is 0.829. The van der Waals surface area contributed by atoms with E-state index in [0.717, 1.165) is 18.1 Å². The number of sulfone groups is 1. The average Bonchev–Trinajstić information content (AvgIpc) is 2.30. The van der Waals surface area contributed by atoms with E-state index in [-0.39, 0.29) is 23.3 Å². The molecule has 1 unspecified atom stereocenters. The van der Waals surface area contributed by atoms with Gasteiger partial charge in [-0.05, 0) is 6.42 Å². The molecule has 94 valence electrons. The number of ketones is 1. The molecule has 1 fully saturated rings. The number of hydrogen-bond acceptors (Lipinski definition) is 5. The van der Waals surface area contributed by atoms with Crippen molar-refractivity contribution in [3.05, 3.63) is 0 Å². The Kier molecular flexibility index (Phi) is 5.78.